The first-order valence-electron chi connectivity index (χ1n) is 4.31. The first-order valence-corrected chi connectivity index (χ1v) is 4.31. The zero-order valence-corrected chi connectivity index (χ0v) is 7.74. The summed E-state index contributed by atoms with van der Waals surface area (Å²) >= 11 is 0. The van der Waals surface area contributed by atoms with Crippen LogP contribution in [0.5, 0.6) is 0 Å². The van der Waals surface area contributed by atoms with Crippen LogP contribution < -0.4 is 5.32 Å². The summed E-state index contributed by atoms with van der Waals surface area (Å²) in [5, 5.41) is 2.86. The van der Waals surface area contributed by atoms with Crippen LogP contribution in [0.4, 0.5) is 13.2 Å². The van der Waals surface area contributed by atoms with Crippen LogP contribution in [-0.2, 0) is 4.74 Å². The Kier molecular flexibility index (Phi) is 2.87. The Bertz CT molecular complexity index is 173. The summed E-state index contributed by atoms with van der Waals surface area (Å²) in [6.45, 7) is 3.76. The van der Waals surface area contributed by atoms with Gasteiger partial charge in [-0.2, -0.15) is 13.2 Å². The van der Waals surface area contributed by atoms with Crippen molar-refractivity contribution in [3.8, 4) is 0 Å². The molecule has 0 aromatic carbocycles. The molecule has 0 aliphatic carbocycles. The molecule has 0 bridgehead atoms. The van der Waals surface area contributed by atoms with Crippen LogP contribution in [0.15, 0.2) is 0 Å². The van der Waals surface area contributed by atoms with E-state index in [1.165, 1.54) is 0 Å². The molecule has 1 saturated heterocycles. The Morgan fingerprint density at radius 1 is 1.54 bits per heavy atom. The first-order chi connectivity index (χ1) is 5.87. The lowest BCUT2D eigenvalue weighted by molar-refractivity contribution is -0.234. The minimum Gasteiger partial charge on any atom is -0.366 e. The lowest BCUT2D eigenvalue weighted by Gasteiger charge is -2.38. The van der Waals surface area contributed by atoms with Gasteiger partial charge in [-0.15, -0.1) is 0 Å². The molecule has 0 spiro atoms. The van der Waals surface area contributed by atoms with Gasteiger partial charge < -0.3 is 10.1 Å². The Hall–Kier alpha value is -0.290. The third-order valence-corrected chi connectivity index (χ3v) is 2.46. The van der Waals surface area contributed by atoms with Gasteiger partial charge in [0, 0.05) is 12.1 Å². The standard InChI is InChI=1S/C8H14F3NO/c1-3-7(2)5-13-6(4-12-7)8(9,10)11/h6,12H,3-5H2,1-2H3. The van der Waals surface area contributed by atoms with Crippen LogP contribution in [0.25, 0.3) is 0 Å². The topological polar surface area (TPSA) is 21.3 Å². The fraction of sp³-hybridized carbons (Fsp3) is 1.00. The molecule has 78 valence electrons. The van der Waals surface area contributed by atoms with E-state index in [9.17, 15) is 13.2 Å². The average Bonchev–Trinajstić information content (AvgIpc) is 2.04. The Labute approximate surface area is 75.4 Å². The highest BCUT2D eigenvalue weighted by atomic mass is 19.4. The molecule has 5 heteroatoms. The summed E-state index contributed by atoms with van der Waals surface area (Å²) in [5.41, 5.74) is -0.304. The molecule has 0 aromatic heterocycles. The molecule has 1 rings (SSSR count). The van der Waals surface area contributed by atoms with E-state index in [4.69, 9.17) is 4.74 Å². The maximum Gasteiger partial charge on any atom is 0.415 e. The maximum atomic E-state index is 12.1. The van der Waals surface area contributed by atoms with Gasteiger partial charge in [0.05, 0.1) is 6.61 Å². The minimum absolute atomic E-state index is 0.119. The van der Waals surface area contributed by atoms with Crippen LogP contribution in [0.2, 0.25) is 0 Å². The second-order valence-corrected chi connectivity index (χ2v) is 3.64. The molecule has 0 saturated carbocycles. The fourth-order valence-corrected chi connectivity index (χ4v) is 1.17. The van der Waals surface area contributed by atoms with E-state index in [1.54, 1.807) is 0 Å². The number of hydrogen-bond donors (Lipinski definition) is 1. The van der Waals surface area contributed by atoms with E-state index in [-0.39, 0.29) is 18.7 Å². The molecule has 1 heterocycles. The minimum atomic E-state index is -4.25. The summed E-state index contributed by atoms with van der Waals surface area (Å²) in [7, 11) is 0. The van der Waals surface area contributed by atoms with Gasteiger partial charge in [-0.3, -0.25) is 0 Å². The Morgan fingerprint density at radius 2 is 2.15 bits per heavy atom. The van der Waals surface area contributed by atoms with Crippen molar-refractivity contribution in [2.24, 2.45) is 0 Å². The molecular weight excluding hydrogens is 183 g/mol. The Balaban J connectivity index is 2.48. The average molecular weight is 197 g/mol. The lowest BCUT2D eigenvalue weighted by Crippen LogP contribution is -2.58. The zero-order chi connectivity index (χ0) is 10.1. The number of morpholine rings is 1. The van der Waals surface area contributed by atoms with E-state index in [1.807, 2.05) is 13.8 Å². The van der Waals surface area contributed by atoms with E-state index in [0.29, 0.717) is 0 Å². The molecule has 1 fully saturated rings. The van der Waals surface area contributed by atoms with Crippen molar-refractivity contribution < 1.29 is 17.9 Å². The number of alkyl halides is 3. The van der Waals surface area contributed by atoms with Crippen LogP contribution >= 0.6 is 0 Å². The van der Waals surface area contributed by atoms with E-state index < -0.39 is 12.3 Å². The summed E-state index contributed by atoms with van der Waals surface area (Å²) in [5.74, 6) is 0. The maximum absolute atomic E-state index is 12.1. The largest absolute Gasteiger partial charge is 0.415 e. The van der Waals surface area contributed by atoms with Crippen molar-refractivity contribution in [1.82, 2.24) is 5.32 Å². The molecular formula is C8H14F3NO. The molecule has 1 aliphatic rings. The zero-order valence-electron chi connectivity index (χ0n) is 7.74. The highest BCUT2D eigenvalue weighted by Crippen LogP contribution is 2.27. The SMILES string of the molecule is CCC1(C)COC(C(F)(F)F)CN1. The number of halogens is 3. The van der Waals surface area contributed by atoms with E-state index >= 15 is 0 Å². The highest BCUT2D eigenvalue weighted by Gasteiger charge is 2.44. The van der Waals surface area contributed by atoms with Gasteiger partial charge in [0.25, 0.3) is 0 Å². The van der Waals surface area contributed by atoms with Crippen molar-refractivity contribution in [3.63, 3.8) is 0 Å². The molecule has 1 N–H and O–H groups in total. The molecule has 1 aliphatic heterocycles. The highest BCUT2D eigenvalue weighted by molar-refractivity contribution is 4.89. The van der Waals surface area contributed by atoms with Crippen LogP contribution in [-0.4, -0.2) is 31.0 Å². The third kappa shape index (κ3) is 2.57. The number of ether oxygens (including phenoxy) is 1. The first kappa shape index (κ1) is 10.8. The summed E-state index contributed by atoms with van der Waals surface area (Å²) in [6.07, 6.45) is -5.13. The van der Waals surface area contributed by atoms with Gasteiger partial charge in [0.2, 0.25) is 0 Å². The van der Waals surface area contributed by atoms with Crippen molar-refractivity contribution >= 4 is 0 Å². The lowest BCUT2D eigenvalue weighted by atomic mass is 9.98. The van der Waals surface area contributed by atoms with Crippen molar-refractivity contribution in [3.05, 3.63) is 0 Å². The van der Waals surface area contributed by atoms with E-state index in [2.05, 4.69) is 5.32 Å². The number of nitrogens with one attached hydrogen (secondary N) is 1. The van der Waals surface area contributed by atoms with Gasteiger partial charge in [0.1, 0.15) is 0 Å². The van der Waals surface area contributed by atoms with Gasteiger partial charge in [0.15, 0.2) is 6.10 Å². The number of rotatable bonds is 1. The monoisotopic (exact) mass is 197 g/mol. The van der Waals surface area contributed by atoms with E-state index in [0.717, 1.165) is 6.42 Å². The normalized spacial score (nSPS) is 36.2. The third-order valence-electron chi connectivity index (χ3n) is 2.46. The van der Waals surface area contributed by atoms with Gasteiger partial charge in [-0.1, -0.05) is 6.92 Å². The summed E-state index contributed by atoms with van der Waals surface area (Å²) in [4.78, 5) is 0. The second-order valence-electron chi connectivity index (χ2n) is 3.64. The molecule has 2 atom stereocenters. The smallest absolute Gasteiger partial charge is 0.366 e. The predicted molar refractivity (Wildman–Crippen MR) is 42.5 cm³/mol. The van der Waals surface area contributed by atoms with Crippen molar-refractivity contribution in [2.45, 2.75) is 38.1 Å². The molecule has 2 nitrogen and oxygen atoms in total. The summed E-state index contributed by atoms with van der Waals surface area (Å²) in [6, 6.07) is 0. The second kappa shape index (κ2) is 3.46. The Morgan fingerprint density at radius 3 is 2.46 bits per heavy atom. The van der Waals surface area contributed by atoms with Crippen molar-refractivity contribution in [1.29, 1.82) is 0 Å². The van der Waals surface area contributed by atoms with Gasteiger partial charge in [-0.25, -0.2) is 0 Å². The molecule has 0 radical (unpaired) electrons. The van der Waals surface area contributed by atoms with Gasteiger partial charge in [-0.05, 0) is 13.3 Å². The predicted octanol–water partition coefficient (Wildman–Crippen LogP) is 1.71. The molecule has 0 aromatic rings. The molecule has 13 heavy (non-hydrogen) atoms. The molecule has 2 unspecified atom stereocenters. The van der Waals surface area contributed by atoms with Crippen LogP contribution in [0.1, 0.15) is 20.3 Å². The van der Waals surface area contributed by atoms with Crippen LogP contribution in [0, 0.1) is 0 Å². The summed E-state index contributed by atoms with van der Waals surface area (Å²) < 4.78 is 41.2. The van der Waals surface area contributed by atoms with Gasteiger partial charge >= 0.3 is 6.18 Å². The fourth-order valence-electron chi connectivity index (χ4n) is 1.17. The van der Waals surface area contributed by atoms with Crippen molar-refractivity contribution in [2.75, 3.05) is 13.2 Å². The molecule has 0 amide bonds. The number of hydrogen-bond acceptors (Lipinski definition) is 2. The van der Waals surface area contributed by atoms with Crippen LogP contribution in [0.3, 0.4) is 0 Å². The quantitative estimate of drug-likeness (QED) is 0.690.